The van der Waals surface area contributed by atoms with Crippen LogP contribution in [0.25, 0.3) is 0 Å². The molecule has 0 aliphatic carbocycles. The van der Waals surface area contributed by atoms with Crippen molar-refractivity contribution >= 4 is 17.3 Å². The van der Waals surface area contributed by atoms with Crippen LogP contribution in [0.2, 0.25) is 0 Å². The summed E-state index contributed by atoms with van der Waals surface area (Å²) < 4.78 is 15.6. The molecule has 1 rings (SSSR count). The summed E-state index contributed by atoms with van der Waals surface area (Å²) in [7, 11) is 1.61. The van der Waals surface area contributed by atoms with Crippen LogP contribution in [-0.2, 0) is 9.47 Å². The SMILES string of the molecule is COCCOCCOc1cc(C(C)C)sc1C(=O)O. The van der Waals surface area contributed by atoms with E-state index in [-0.39, 0.29) is 4.88 Å². The fourth-order valence-corrected chi connectivity index (χ4v) is 2.33. The third-order valence-electron chi connectivity index (χ3n) is 2.40. The minimum Gasteiger partial charge on any atom is -0.489 e. The van der Waals surface area contributed by atoms with Crippen LogP contribution < -0.4 is 4.74 Å². The van der Waals surface area contributed by atoms with Crippen LogP contribution in [0.5, 0.6) is 5.75 Å². The molecule has 0 radical (unpaired) electrons. The first kappa shape index (κ1) is 15.9. The second-order valence-electron chi connectivity index (χ2n) is 4.26. The molecule has 108 valence electrons. The molecule has 0 aliphatic heterocycles. The molecule has 5 nitrogen and oxygen atoms in total. The van der Waals surface area contributed by atoms with E-state index in [2.05, 4.69) is 0 Å². The molecule has 1 N–H and O–H groups in total. The molecule has 6 heteroatoms. The Morgan fingerprint density at radius 2 is 2.00 bits per heavy atom. The van der Waals surface area contributed by atoms with E-state index in [0.717, 1.165) is 4.88 Å². The quantitative estimate of drug-likeness (QED) is 0.708. The third-order valence-corrected chi connectivity index (χ3v) is 3.80. The highest BCUT2D eigenvalue weighted by Gasteiger charge is 2.18. The van der Waals surface area contributed by atoms with Gasteiger partial charge in [0.15, 0.2) is 4.88 Å². The summed E-state index contributed by atoms with van der Waals surface area (Å²) in [4.78, 5) is 12.4. The normalized spacial score (nSPS) is 10.9. The van der Waals surface area contributed by atoms with Crippen LogP contribution in [-0.4, -0.2) is 44.6 Å². The minimum absolute atomic E-state index is 0.251. The topological polar surface area (TPSA) is 65.0 Å². The van der Waals surface area contributed by atoms with Gasteiger partial charge in [0.25, 0.3) is 0 Å². The first-order valence-electron chi connectivity index (χ1n) is 6.12. The molecule has 0 atom stereocenters. The Labute approximate surface area is 117 Å². The Balaban J connectivity index is 2.49. The van der Waals surface area contributed by atoms with Gasteiger partial charge in [0.05, 0.1) is 19.8 Å². The van der Waals surface area contributed by atoms with Crippen molar-refractivity contribution in [1.82, 2.24) is 0 Å². The van der Waals surface area contributed by atoms with Gasteiger partial charge in [0.2, 0.25) is 0 Å². The van der Waals surface area contributed by atoms with E-state index in [1.807, 2.05) is 13.8 Å². The lowest BCUT2D eigenvalue weighted by Gasteiger charge is -2.06. The molecule has 0 amide bonds. The van der Waals surface area contributed by atoms with Crippen molar-refractivity contribution in [2.24, 2.45) is 0 Å². The van der Waals surface area contributed by atoms with Gasteiger partial charge >= 0.3 is 5.97 Å². The van der Waals surface area contributed by atoms with Gasteiger partial charge in [-0.15, -0.1) is 11.3 Å². The van der Waals surface area contributed by atoms with Gasteiger partial charge in [-0.2, -0.15) is 0 Å². The van der Waals surface area contributed by atoms with Gasteiger partial charge in [-0.1, -0.05) is 13.8 Å². The van der Waals surface area contributed by atoms with Crippen LogP contribution >= 0.6 is 11.3 Å². The summed E-state index contributed by atoms with van der Waals surface area (Å²) in [6, 6.07) is 1.80. The lowest BCUT2D eigenvalue weighted by molar-refractivity contribution is 0.0537. The standard InChI is InChI=1S/C13H20O5S/c1-9(2)11-8-10(12(19-11)13(14)15)18-7-6-17-5-4-16-3/h8-9H,4-7H2,1-3H3,(H,14,15). The summed E-state index contributed by atoms with van der Waals surface area (Å²) in [5.74, 6) is -0.234. The second kappa shape index (κ2) is 8.14. The summed E-state index contributed by atoms with van der Waals surface area (Å²) in [5, 5.41) is 9.12. The van der Waals surface area contributed by atoms with Crippen molar-refractivity contribution < 1.29 is 24.1 Å². The third kappa shape index (κ3) is 5.18. The average molecular weight is 288 g/mol. The molecular weight excluding hydrogens is 268 g/mol. The molecule has 0 saturated heterocycles. The largest absolute Gasteiger partial charge is 0.489 e. The maximum Gasteiger partial charge on any atom is 0.349 e. The van der Waals surface area contributed by atoms with Crippen molar-refractivity contribution in [3.63, 3.8) is 0 Å². The van der Waals surface area contributed by atoms with Crippen molar-refractivity contribution in [3.05, 3.63) is 15.8 Å². The van der Waals surface area contributed by atoms with Crippen molar-refractivity contribution in [1.29, 1.82) is 0 Å². The van der Waals surface area contributed by atoms with Crippen molar-refractivity contribution in [2.75, 3.05) is 33.5 Å². The Bertz CT molecular complexity index is 400. The monoisotopic (exact) mass is 288 g/mol. The lowest BCUT2D eigenvalue weighted by atomic mass is 10.2. The van der Waals surface area contributed by atoms with E-state index in [9.17, 15) is 4.79 Å². The molecule has 0 bridgehead atoms. The lowest BCUT2D eigenvalue weighted by Crippen LogP contribution is -2.10. The summed E-state index contributed by atoms with van der Waals surface area (Å²) in [5.41, 5.74) is 0. The van der Waals surface area contributed by atoms with E-state index >= 15 is 0 Å². The van der Waals surface area contributed by atoms with Gasteiger partial charge in [-0.25, -0.2) is 4.79 Å². The minimum atomic E-state index is -0.952. The highest BCUT2D eigenvalue weighted by atomic mass is 32.1. The molecule has 0 fully saturated rings. The van der Waals surface area contributed by atoms with E-state index in [4.69, 9.17) is 19.3 Å². The van der Waals surface area contributed by atoms with Gasteiger partial charge in [0.1, 0.15) is 12.4 Å². The first-order chi connectivity index (χ1) is 9.06. The summed E-state index contributed by atoms with van der Waals surface area (Å²) in [6.45, 7) is 5.83. The molecule has 0 saturated carbocycles. The van der Waals surface area contributed by atoms with Crippen LogP contribution in [0.1, 0.15) is 34.3 Å². The molecule has 1 heterocycles. The molecule has 19 heavy (non-hydrogen) atoms. The maximum atomic E-state index is 11.1. The van der Waals surface area contributed by atoms with Crippen LogP contribution in [0.3, 0.4) is 0 Å². The zero-order chi connectivity index (χ0) is 14.3. The number of hydrogen-bond acceptors (Lipinski definition) is 5. The summed E-state index contributed by atoms with van der Waals surface area (Å²) >= 11 is 1.26. The van der Waals surface area contributed by atoms with E-state index < -0.39 is 5.97 Å². The predicted molar refractivity (Wildman–Crippen MR) is 73.6 cm³/mol. The summed E-state index contributed by atoms with van der Waals surface area (Å²) in [6.07, 6.45) is 0. The van der Waals surface area contributed by atoms with Crippen LogP contribution in [0.4, 0.5) is 0 Å². The maximum absolute atomic E-state index is 11.1. The molecule has 1 aromatic rings. The number of methoxy groups -OCH3 is 1. The number of ether oxygens (including phenoxy) is 3. The number of thiophene rings is 1. The average Bonchev–Trinajstić information content (AvgIpc) is 2.78. The van der Waals surface area contributed by atoms with Crippen LogP contribution in [0.15, 0.2) is 6.07 Å². The molecule has 0 aliphatic rings. The Morgan fingerprint density at radius 1 is 1.32 bits per heavy atom. The highest BCUT2D eigenvalue weighted by molar-refractivity contribution is 7.14. The van der Waals surface area contributed by atoms with Crippen LogP contribution in [0, 0.1) is 0 Å². The zero-order valence-electron chi connectivity index (χ0n) is 11.5. The Morgan fingerprint density at radius 3 is 2.58 bits per heavy atom. The number of carboxylic acid groups (broad SMARTS) is 1. The fraction of sp³-hybridized carbons (Fsp3) is 0.615. The van der Waals surface area contributed by atoms with Gasteiger partial charge in [-0.05, 0) is 12.0 Å². The number of carboxylic acids is 1. The van der Waals surface area contributed by atoms with Gasteiger partial charge in [-0.3, -0.25) is 0 Å². The van der Waals surface area contributed by atoms with Crippen molar-refractivity contribution in [3.8, 4) is 5.75 Å². The number of rotatable bonds is 9. The Hall–Kier alpha value is -1.11. The van der Waals surface area contributed by atoms with E-state index in [1.165, 1.54) is 11.3 Å². The molecule has 0 unspecified atom stereocenters. The van der Waals surface area contributed by atoms with Gasteiger partial charge < -0.3 is 19.3 Å². The Kier molecular flexibility index (Phi) is 6.83. The number of carbonyl (C=O) groups is 1. The predicted octanol–water partition coefficient (Wildman–Crippen LogP) is 2.61. The highest BCUT2D eigenvalue weighted by Crippen LogP contribution is 2.33. The van der Waals surface area contributed by atoms with Crippen molar-refractivity contribution in [2.45, 2.75) is 19.8 Å². The second-order valence-corrected chi connectivity index (χ2v) is 5.34. The molecule has 0 aromatic carbocycles. The molecule has 0 spiro atoms. The number of aromatic carboxylic acids is 1. The van der Waals surface area contributed by atoms with E-state index in [1.54, 1.807) is 13.2 Å². The smallest absolute Gasteiger partial charge is 0.349 e. The molecule has 1 aromatic heterocycles. The molecular formula is C13H20O5S. The van der Waals surface area contributed by atoms with E-state index in [0.29, 0.717) is 38.1 Å². The fourth-order valence-electron chi connectivity index (χ4n) is 1.39. The van der Waals surface area contributed by atoms with Gasteiger partial charge in [0, 0.05) is 12.0 Å². The number of hydrogen-bond donors (Lipinski definition) is 1. The zero-order valence-corrected chi connectivity index (χ0v) is 12.3. The first-order valence-corrected chi connectivity index (χ1v) is 6.94.